The van der Waals surface area contributed by atoms with Crippen molar-refractivity contribution in [3.63, 3.8) is 0 Å². The molecule has 2 fully saturated rings. The van der Waals surface area contributed by atoms with Crippen LogP contribution in [0.1, 0.15) is 64.8 Å². The summed E-state index contributed by atoms with van der Waals surface area (Å²) in [6.07, 6.45) is 5.68. The van der Waals surface area contributed by atoms with Crippen molar-refractivity contribution >= 4 is 17.7 Å². The predicted molar refractivity (Wildman–Crippen MR) is 104 cm³/mol. The Morgan fingerprint density at radius 2 is 1.61 bits per heavy atom. The molecule has 1 saturated heterocycles. The summed E-state index contributed by atoms with van der Waals surface area (Å²) in [5.74, 6) is -0.744. The van der Waals surface area contributed by atoms with Gasteiger partial charge in [0.2, 0.25) is 11.8 Å². The van der Waals surface area contributed by atoms with Gasteiger partial charge in [-0.05, 0) is 50.2 Å². The molecule has 0 aromatic heterocycles. The van der Waals surface area contributed by atoms with Crippen molar-refractivity contribution in [2.24, 2.45) is 17.4 Å². The summed E-state index contributed by atoms with van der Waals surface area (Å²) >= 11 is 0. The Hall–Kier alpha value is -2.41. The summed E-state index contributed by atoms with van der Waals surface area (Å²) in [7, 11) is 0. The molecule has 150 valence electrons. The average molecular weight is 384 g/mol. The van der Waals surface area contributed by atoms with E-state index >= 15 is 0 Å². The molecular formula is C21H28N4O3. The van der Waals surface area contributed by atoms with E-state index in [9.17, 15) is 14.4 Å². The molecule has 4 rings (SSSR count). The molecular weight excluding hydrogens is 356 g/mol. The fraction of sp³-hybridized carbons (Fsp3) is 0.571. The fourth-order valence-electron chi connectivity index (χ4n) is 5.17. The number of hydrogen-bond donors (Lipinski definition) is 2. The number of benzene rings is 1. The van der Waals surface area contributed by atoms with Crippen molar-refractivity contribution in [1.29, 1.82) is 0 Å². The number of nitrogens with two attached hydrogens (primary N) is 2. The monoisotopic (exact) mass is 384 g/mol. The SMILES string of the molecule is NC(=O)c1cccc2c1C(=O)N(C1CCN(C3CCC(C(N)=O)CC3)CC1)C2. The Labute approximate surface area is 165 Å². The smallest absolute Gasteiger partial charge is 0.255 e. The van der Waals surface area contributed by atoms with Crippen molar-refractivity contribution < 1.29 is 14.4 Å². The van der Waals surface area contributed by atoms with Crippen LogP contribution in [0, 0.1) is 5.92 Å². The molecule has 1 aliphatic carbocycles. The van der Waals surface area contributed by atoms with Crippen LogP contribution in [0.2, 0.25) is 0 Å². The molecule has 1 aromatic carbocycles. The van der Waals surface area contributed by atoms with Gasteiger partial charge in [-0.3, -0.25) is 14.4 Å². The van der Waals surface area contributed by atoms with Gasteiger partial charge in [0.15, 0.2) is 0 Å². The van der Waals surface area contributed by atoms with Gasteiger partial charge in [-0.25, -0.2) is 0 Å². The molecule has 0 radical (unpaired) electrons. The van der Waals surface area contributed by atoms with E-state index in [1.54, 1.807) is 12.1 Å². The lowest BCUT2D eigenvalue weighted by Gasteiger charge is -2.42. The summed E-state index contributed by atoms with van der Waals surface area (Å²) in [6, 6.07) is 6.05. The first-order valence-corrected chi connectivity index (χ1v) is 10.2. The standard InChI is InChI=1S/C21H28N4O3/c22-19(26)13-4-6-15(7-5-13)24-10-8-16(9-11-24)25-12-14-2-1-3-17(20(23)27)18(14)21(25)28/h1-3,13,15-16H,4-12H2,(H2,22,26)(H2,23,27). The van der Waals surface area contributed by atoms with Gasteiger partial charge in [0.25, 0.3) is 5.91 Å². The zero-order valence-electron chi connectivity index (χ0n) is 16.1. The summed E-state index contributed by atoms with van der Waals surface area (Å²) in [5.41, 5.74) is 12.6. The van der Waals surface area contributed by atoms with Crippen LogP contribution >= 0.6 is 0 Å². The fourth-order valence-corrected chi connectivity index (χ4v) is 5.17. The number of carbonyl (C=O) groups is 3. The van der Waals surface area contributed by atoms with Crippen molar-refractivity contribution in [3.8, 4) is 0 Å². The van der Waals surface area contributed by atoms with Crippen LogP contribution in [-0.2, 0) is 11.3 Å². The third-order valence-corrected chi connectivity index (χ3v) is 6.79. The van der Waals surface area contributed by atoms with Gasteiger partial charge in [0, 0.05) is 37.6 Å². The van der Waals surface area contributed by atoms with Gasteiger partial charge in [-0.1, -0.05) is 12.1 Å². The lowest BCUT2D eigenvalue weighted by Crippen LogP contribution is -2.49. The first kappa shape index (κ1) is 18.9. The predicted octanol–water partition coefficient (Wildman–Crippen LogP) is 1.25. The molecule has 0 spiro atoms. The van der Waals surface area contributed by atoms with E-state index in [2.05, 4.69) is 4.90 Å². The molecule has 0 unspecified atom stereocenters. The summed E-state index contributed by atoms with van der Waals surface area (Å²) in [6.45, 7) is 2.47. The van der Waals surface area contributed by atoms with E-state index in [1.165, 1.54) is 0 Å². The van der Waals surface area contributed by atoms with Gasteiger partial charge in [-0.15, -0.1) is 0 Å². The van der Waals surface area contributed by atoms with E-state index < -0.39 is 5.91 Å². The maximum absolute atomic E-state index is 13.0. The van der Waals surface area contributed by atoms with Crippen LogP contribution < -0.4 is 11.5 Å². The van der Waals surface area contributed by atoms with E-state index in [0.29, 0.717) is 23.7 Å². The molecule has 0 atom stereocenters. The number of hydrogen-bond acceptors (Lipinski definition) is 4. The van der Waals surface area contributed by atoms with Crippen molar-refractivity contribution in [3.05, 3.63) is 34.9 Å². The zero-order chi connectivity index (χ0) is 19.8. The number of nitrogens with zero attached hydrogens (tertiary/aromatic N) is 2. The van der Waals surface area contributed by atoms with Crippen LogP contribution in [0.25, 0.3) is 0 Å². The number of rotatable bonds is 4. The van der Waals surface area contributed by atoms with Crippen LogP contribution in [0.5, 0.6) is 0 Å². The van der Waals surface area contributed by atoms with E-state index in [1.807, 2.05) is 11.0 Å². The number of fused-ring (bicyclic) bond motifs is 1. The van der Waals surface area contributed by atoms with E-state index in [4.69, 9.17) is 11.5 Å². The molecule has 3 amide bonds. The largest absolute Gasteiger partial charge is 0.369 e. The molecule has 3 aliphatic rings. The lowest BCUT2D eigenvalue weighted by molar-refractivity contribution is -0.123. The first-order valence-electron chi connectivity index (χ1n) is 10.2. The number of piperidine rings is 1. The molecule has 1 aromatic rings. The van der Waals surface area contributed by atoms with Crippen molar-refractivity contribution in [1.82, 2.24) is 9.80 Å². The summed E-state index contributed by atoms with van der Waals surface area (Å²) in [5, 5.41) is 0. The minimum absolute atomic E-state index is 0.0361. The normalized spacial score (nSPS) is 26.3. The van der Waals surface area contributed by atoms with Crippen LogP contribution in [0.4, 0.5) is 0 Å². The van der Waals surface area contributed by atoms with Gasteiger partial charge >= 0.3 is 0 Å². The minimum Gasteiger partial charge on any atom is -0.369 e. The van der Waals surface area contributed by atoms with Gasteiger partial charge < -0.3 is 21.3 Å². The maximum Gasteiger partial charge on any atom is 0.255 e. The third-order valence-electron chi connectivity index (χ3n) is 6.79. The highest BCUT2D eigenvalue weighted by atomic mass is 16.2. The lowest BCUT2D eigenvalue weighted by atomic mass is 9.84. The van der Waals surface area contributed by atoms with Crippen LogP contribution in [0.3, 0.4) is 0 Å². The molecule has 28 heavy (non-hydrogen) atoms. The second kappa shape index (κ2) is 7.54. The van der Waals surface area contributed by atoms with E-state index in [0.717, 1.165) is 57.2 Å². The van der Waals surface area contributed by atoms with Crippen molar-refractivity contribution in [2.75, 3.05) is 13.1 Å². The van der Waals surface area contributed by atoms with Gasteiger partial charge in [0.1, 0.15) is 0 Å². The Morgan fingerprint density at radius 1 is 0.929 bits per heavy atom. The Kier molecular flexibility index (Phi) is 5.10. The second-order valence-corrected chi connectivity index (χ2v) is 8.31. The van der Waals surface area contributed by atoms with Gasteiger partial charge in [0.05, 0.1) is 11.1 Å². The second-order valence-electron chi connectivity index (χ2n) is 8.31. The number of carbonyl (C=O) groups excluding carboxylic acids is 3. The Balaban J connectivity index is 1.36. The topological polar surface area (TPSA) is 110 Å². The summed E-state index contributed by atoms with van der Waals surface area (Å²) in [4.78, 5) is 40.4. The highest BCUT2D eigenvalue weighted by Crippen LogP contribution is 2.33. The zero-order valence-corrected chi connectivity index (χ0v) is 16.1. The molecule has 7 heteroatoms. The molecule has 2 aliphatic heterocycles. The maximum atomic E-state index is 13.0. The highest BCUT2D eigenvalue weighted by Gasteiger charge is 2.38. The van der Waals surface area contributed by atoms with E-state index in [-0.39, 0.29) is 23.8 Å². The quantitative estimate of drug-likeness (QED) is 0.814. The third kappa shape index (κ3) is 3.39. The Morgan fingerprint density at radius 3 is 2.21 bits per heavy atom. The Bertz CT molecular complexity index is 793. The summed E-state index contributed by atoms with van der Waals surface area (Å²) < 4.78 is 0. The first-order chi connectivity index (χ1) is 13.5. The molecule has 0 bridgehead atoms. The molecule has 1 saturated carbocycles. The van der Waals surface area contributed by atoms with Crippen LogP contribution in [0.15, 0.2) is 18.2 Å². The average Bonchev–Trinajstić information content (AvgIpc) is 3.05. The molecule has 7 nitrogen and oxygen atoms in total. The number of primary amides is 2. The number of amides is 3. The molecule has 4 N–H and O–H groups in total. The van der Waals surface area contributed by atoms with Gasteiger partial charge in [-0.2, -0.15) is 0 Å². The minimum atomic E-state index is -0.548. The highest BCUT2D eigenvalue weighted by molar-refractivity contribution is 6.09. The van der Waals surface area contributed by atoms with Crippen LogP contribution in [-0.4, -0.2) is 52.7 Å². The van der Waals surface area contributed by atoms with Crippen molar-refractivity contribution in [2.45, 2.75) is 57.2 Å². The molecule has 2 heterocycles. The number of likely N-dealkylation sites (tertiary alicyclic amines) is 1.